The molecule has 5 aromatic rings. The van der Waals surface area contributed by atoms with E-state index in [0.29, 0.717) is 47.2 Å². The second kappa shape index (κ2) is 35.7. The predicted molar refractivity (Wildman–Crippen MR) is 357 cm³/mol. The zero-order chi connectivity index (χ0) is 58.1. The molecule has 0 radical (unpaired) electrons. The Bertz CT molecular complexity index is 2510. The molecule has 0 spiro atoms. The minimum atomic E-state index is -0.163. The number of carbonyl (C=O) groups is 4. The Morgan fingerprint density at radius 3 is 0.659 bits per heavy atom. The van der Waals surface area contributed by atoms with Gasteiger partial charge in [0.1, 0.15) is 0 Å². The Balaban J connectivity index is 1.04. The van der Waals surface area contributed by atoms with E-state index in [1.165, 1.54) is 205 Å². The van der Waals surface area contributed by atoms with Crippen LogP contribution in [0.15, 0.2) is 57.5 Å². The Morgan fingerprint density at radius 2 is 0.463 bits per heavy atom. The van der Waals surface area contributed by atoms with Crippen LogP contribution in [0.1, 0.15) is 326 Å². The summed E-state index contributed by atoms with van der Waals surface area (Å²) < 4.78 is 1.84. The highest BCUT2D eigenvalue weighted by molar-refractivity contribution is 9.11. The molecule has 0 fully saturated rings. The number of rotatable bonds is 44. The Morgan fingerprint density at radius 1 is 0.280 bits per heavy atom. The predicted octanol–water partition coefficient (Wildman–Crippen LogP) is 23.9. The van der Waals surface area contributed by atoms with E-state index in [-0.39, 0.29) is 23.6 Å². The highest BCUT2D eigenvalue weighted by atomic mass is 79.9. The number of carbonyl (C=O) groups excluding carboxylic acids is 4. The van der Waals surface area contributed by atoms with Crippen molar-refractivity contribution in [2.24, 2.45) is 11.8 Å². The number of fused-ring (bicyclic) bond motifs is 6. The highest BCUT2D eigenvalue weighted by Gasteiger charge is 2.39. The molecule has 2 heterocycles. The Kier molecular flexibility index (Phi) is 28.7. The summed E-state index contributed by atoms with van der Waals surface area (Å²) in [7, 11) is 0. The molecule has 0 saturated carbocycles. The van der Waals surface area contributed by atoms with Crippen LogP contribution in [-0.4, -0.2) is 46.5 Å². The third-order valence-electron chi connectivity index (χ3n) is 18.8. The third-order valence-corrected chi connectivity index (χ3v) is 20.5. The SMILES string of the molecule is CCCCCCCCCCCCC(CCCCCCCCCC)CN1C(=O)c2cc3cc4c(Br)c5cc6cc7c(cc6cc5c(Br)c4cc3cc2C1=O)C(=O)N(CC(CCCCCCCCCC)CCCCCCCCCCCC)C7=O. The van der Waals surface area contributed by atoms with Crippen molar-refractivity contribution in [3.05, 3.63) is 79.7 Å². The fraction of sp³-hybridized carbons (Fsp3) is 0.649. The zero-order valence-electron chi connectivity index (χ0n) is 51.8. The molecule has 6 nitrogen and oxygen atoms in total. The standard InChI is InChI=1S/C74H106Br2N2O4/c1-5-9-13-17-21-25-27-31-35-39-43-55(41-37-33-29-23-19-15-11-7-3)53-77-71(79)65-49-57-45-61-62(46-58(57)50-66(65)72(77)80)70(76)64-48-60-52-68-67(51-59(60)47-63(64)69(61)75)73(81)78(74(68)82)54-56(42-38-34-30-24-20-16-12-8-4)44-40-36-32-28-26-22-18-14-10-6-2/h45-52,55-56H,5-44,53-54H2,1-4H3. The molecule has 0 aliphatic carbocycles. The molecule has 0 bridgehead atoms. The first-order valence-corrected chi connectivity index (χ1v) is 35.7. The van der Waals surface area contributed by atoms with Gasteiger partial charge in [-0.3, -0.25) is 29.0 Å². The van der Waals surface area contributed by atoms with Gasteiger partial charge in [0.25, 0.3) is 23.6 Å². The molecule has 0 saturated heterocycles. The molecule has 82 heavy (non-hydrogen) atoms. The van der Waals surface area contributed by atoms with Crippen LogP contribution in [0.25, 0.3) is 43.1 Å². The van der Waals surface area contributed by atoms with E-state index in [4.69, 9.17) is 0 Å². The lowest BCUT2D eigenvalue weighted by Gasteiger charge is -2.23. The lowest BCUT2D eigenvalue weighted by molar-refractivity contribution is 0.0607. The summed E-state index contributed by atoms with van der Waals surface area (Å²) in [4.78, 5) is 60.6. The summed E-state index contributed by atoms with van der Waals surface area (Å²) in [6.45, 7) is 10.1. The molecule has 8 heteroatoms. The molecule has 5 aromatic carbocycles. The smallest absolute Gasteiger partial charge is 0.261 e. The number of hydrogen-bond donors (Lipinski definition) is 0. The average Bonchev–Trinajstić information content (AvgIpc) is 2.40. The van der Waals surface area contributed by atoms with Crippen LogP contribution in [0.2, 0.25) is 0 Å². The second-order valence-electron chi connectivity index (χ2n) is 25.6. The van der Waals surface area contributed by atoms with Crippen molar-refractivity contribution in [3.8, 4) is 0 Å². The molecule has 4 amide bonds. The van der Waals surface area contributed by atoms with Gasteiger partial charge < -0.3 is 0 Å². The summed E-state index contributed by atoms with van der Waals surface area (Å²) in [5.74, 6) is -0.0329. The maximum absolute atomic E-state index is 14.4. The fourth-order valence-electron chi connectivity index (χ4n) is 13.7. The maximum atomic E-state index is 14.4. The van der Waals surface area contributed by atoms with Gasteiger partial charge in [-0.2, -0.15) is 0 Å². The van der Waals surface area contributed by atoms with Gasteiger partial charge in [0.05, 0.1) is 22.3 Å². The van der Waals surface area contributed by atoms with Gasteiger partial charge in [-0.25, -0.2) is 0 Å². The van der Waals surface area contributed by atoms with E-state index in [9.17, 15) is 19.2 Å². The molecular formula is C74H106Br2N2O4. The molecule has 0 aromatic heterocycles. The van der Waals surface area contributed by atoms with Gasteiger partial charge in [0.2, 0.25) is 0 Å². The lowest BCUT2D eigenvalue weighted by atomic mass is 9.93. The summed E-state index contributed by atoms with van der Waals surface area (Å²) in [6, 6.07) is 16.3. The molecule has 0 N–H and O–H groups in total. The summed E-state index contributed by atoms with van der Waals surface area (Å²) in [5.41, 5.74) is 2.01. The molecule has 2 atom stereocenters. The van der Waals surface area contributed by atoms with Gasteiger partial charge in [0.15, 0.2) is 0 Å². The monoisotopic (exact) mass is 1240 g/mol. The van der Waals surface area contributed by atoms with Crippen molar-refractivity contribution in [2.75, 3.05) is 13.1 Å². The van der Waals surface area contributed by atoms with Crippen molar-refractivity contribution in [1.29, 1.82) is 0 Å². The van der Waals surface area contributed by atoms with Crippen LogP contribution in [0.3, 0.4) is 0 Å². The number of nitrogens with zero attached hydrogens (tertiary/aromatic N) is 2. The van der Waals surface area contributed by atoms with Crippen molar-refractivity contribution in [2.45, 2.75) is 285 Å². The number of benzene rings is 5. The van der Waals surface area contributed by atoms with E-state index < -0.39 is 0 Å². The van der Waals surface area contributed by atoms with Gasteiger partial charge >= 0.3 is 0 Å². The first kappa shape index (κ1) is 65.9. The van der Waals surface area contributed by atoms with Crippen LogP contribution in [0, 0.1) is 11.8 Å². The van der Waals surface area contributed by atoms with Crippen molar-refractivity contribution < 1.29 is 19.2 Å². The molecule has 2 aliphatic heterocycles. The molecular weight excluding hydrogens is 1140 g/mol. The van der Waals surface area contributed by atoms with Crippen LogP contribution in [-0.2, 0) is 0 Å². The summed E-state index contributed by atoms with van der Waals surface area (Å²) in [6.07, 6.45) is 50.6. The zero-order valence-corrected chi connectivity index (χ0v) is 54.9. The van der Waals surface area contributed by atoms with Crippen LogP contribution < -0.4 is 0 Å². The largest absolute Gasteiger partial charge is 0.274 e. The Hall–Kier alpha value is -3.62. The average molecular weight is 1250 g/mol. The number of unbranched alkanes of at least 4 members (excludes halogenated alkanes) is 32. The normalized spacial score (nSPS) is 14.3. The number of hydrogen-bond acceptors (Lipinski definition) is 4. The topological polar surface area (TPSA) is 74.8 Å². The van der Waals surface area contributed by atoms with Gasteiger partial charge in [-0.1, -0.05) is 259 Å². The molecule has 2 unspecified atom stereocenters. The van der Waals surface area contributed by atoms with Crippen molar-refractivity contribution >= 4 is 98.6 Å². The lowest BCUT2D eigenvalue weighted by Crippen LogP contribution is -2.34. The fourth-order valence-corrected chi connectivity index (χ4v) is 15.0. The number of amides is 4. The highest BCUT2D eigenvalue weighted by Crippen LogP contribution is 2.44. The summed E-state index contributed by atoms with van der Waals surface area (Å²) in [5, 5.41) is 7.63. The van der Waals surface area contributed by atoms with Gasteiger partial charge in [-0.15, -0.1) is 0 Å². The van der Waals surface area contributed by atoms with Crippen LogP contribution >= 0.6 is 31.9 Å². The van der Waals surface area contributed by atoms with Gasteiger partial charge in [-0.05, 0) is 161 Å². The quantitative estimate of drug-likeness (QED) is 0.0221. The van der Waals surface area contributed by atoms with Crippen molar-refractivity contribution in [3.63, 3.8) is 0 Å². The minimum Gasteiger partial charge on any atom is -0.274 e. The van der Waals surface area contributed by atoms with E-state index >= 15 is 0 Å². The summed E-state index contributed by atoms with van der Waals surface area (Å²) >= 11 is 8.07. The Labute approximate surface area is 513 Å². The third kappa shape index (κ3) is 18.7. The van der Waals surface area contributed by atoms with E-state index in [0.717, 1.165) is 103 Å². The molecule has 7 rings (SSSR count). The van der Waals surface area contributed by atoms with Crippen LogP contribution in [0.4, 0.5) is 0 Å². The van der Waals surface area contributed by atoms with E-state index in [1.807, 2.05) is 24.3 Å². The van der Waals surface area contributed by atoms with E-state index in [2.05, 4.69) is 83.8 Å². The minimum absolute atomic E-state index is 0.163. The van der Waals surface area contributed by atoms with Crippen molar-refractivity contribution in [1.82, 2.24) is 9.80 Å². The number of imide groups is 2. The number of halogens is 2. The van der Waals surface area contributed by atoms with Gasteiger partial charge in [0, 0.05) is 22.0 Å². The maximum Gasteiger partial charge on any atom is 0.261 e. The van der Waals surface area contributed by atoms with Crippen LogP contribution in [0.5, 0.6) is 0 Å². The first-order chi connectivity index (χ1) is 40.1. The van der Waals surface area contributed by atoms with E-state index in [1.54, 1.807) is 9.80 Å². The molecule has 2 aliphatic rings. The second-order valence-corrected chi connectivity index (χ2v) is 27.1. The first-order valence-electron chi connectivity index (χ1n) is 34.1. The molecule has 450 valence electrons.